The predicted octanol–water partition coefficient (Wildman–Crippen LogP) is 7.36. The number of hydrogen-bond acceptors (Lipinski definition) is 3. The summed E-state index contributed by atoms with van der Waals surface area (Å²) in [4.78, 5) is 0. The summed E-state index contributed by atoms with van der Waals surface area (Å²) in [6, 6.07) is 21.3. The van der Waals surface area contributed by atoms with Gasteiger partial charge in [0.1, 0.15) is 0 Å². The summed E-state index contributed by atoms with van der Waals surface area (Å²) < 4.78 is 0. The van der Waals surface area contributed by atoms with Gasteiger partial charge in [-0.2, -0.15) is 0 Å². The summed E-state index contributed by atoms with van der Waals surface area (Å²) >= 11 is 0. The van der Waals surface area contributed by atoms with Crippen LogP contribution in [0, 0.1) is 29.6 Å². The first-order valence-corrected chi connectivity index (χ1v) is 14.7. The molecule has 202 valence electrons. The number of aliphatic hydroxyl groups is 1. The van der Waals surface area contributed by atoms with Crippen molar-refractivity contribution in [3.05, 3.63) is 71.8 Å². The van der Waals surface area contributed by atoms with Gasteiger partial charge in [0.2, 0.25) is 0 Å². The lowest BCUT2D eigenvalue weighted by Gasteiger charge is -2.35. The van der Waals surface area contributed by atoms with Crippen molar-refractivity contribution in [1.29, 1.82) is 0 Å². The van der Waals surface area contributed by atoms with Crippen LogP contribution in [0.5, 0.6) is 0 Å². The molecule has 5 N–H and O–H groups in total. The van der Waals surface area contributed by atoms with Gasteiger partial charge < -0.3 is 16.6 Å². The van der Waals surface area contributed by atoms with Crippen molar-refractivity contribution < 1.29 is 5.11 Å². The summed E-state index contributed by atoms with van der Waals surface area (Å²) in [5.74, 6) is 2.64. The molecular formula is C33H54N2O. The minimum Gasteiger partial charge on any atom is -0.393 e. The molecule has 3 unspecified atom stereocenters. The van der Waals surface area contributed by atoms with E-state index in [-0.39, 0.29) is 5.92 Å². The largest absolute Gasteiger partial charge is 0.393 e. The third-order valence-corrected chi connectivity index (χ3v) is 8.62. The smallest absolute Gasteiger partial charge is 0.0554 e. The third-order valence-electron chi connectivity index (χ3n) is 8.62. The fourth-order valence-electron chi connectivity index (χ4n) is 6.03. The summed E-state index contributed by atoms with van der Waals surface area (Å²) in [7, 11) is 0. The lowest BCUT2D eigenvalue weighted by molar-refractivity contribution is 0.0820. The van der Waals surface area contributed by atoms with Gasteiger partial charge in [0, 0.05) is 0 Å². The molecule has 0 bridgehead atoms. The topological polar surface area (TPSA) is 72.3 Å². The highest BCUT2D eigenvalue weighted by Crippen LogP contribution is 2.37. The van der Waals surface area contributed by atoms with Gasteiger partial charge in [0.25, 0.3) is 0 Å². The molecular weight excluding hydrogens is 440 g/mol. The highest BCUT2D eigenvalue weighted by atomic mass is 16.3. The van der Waals surface area contributed by atoms with Crippen molar-refractivity contribution in [3.8, 4) is 0 Å². The highest BCUT2D eigenvalue weighted by Gasteiger charge is 2.29. The van der Waals surface area contributed by atoms with E-state index < -0.39 is 12.3 Å². The van der Waals surface area contributed by atoms with Crippen LogP contribution in [0.15, 0.2) is 60.7 Å². The summed E-state index contributed by atoms with van der Waals surface area (Å²) in [5.41, 5.74) is 15.0. The van der Waals surface area contributed by atoms with Gasteiger partial charge in [-0.3, -0.25) is 0 Å². The van der Waals surface area contributed by atoms with Crippen LogP contribution in [0.1, 0.15) is 90.2 Å². The van der Waals surface area contributed by atoms with E-state index in [4.69, 9.17) is 11.5 Å². The lowest BCUT2D eigenvalue weighted by Crippen LogP contribution is -2.41. The first-order chi connectivity index (χ1) is 17.4. The van der Waals surface area contributed by atoms with E-state index in [1.807, 2.05) is 6.07 Å². The highest BCUT2D eigenvalue weighted by molar-refractivity contribution is 5.16. The monoisotopic (exact) mass is 494 g/mol. The summed E-state index contributed by atoms with van der Waals surface area (Å²) in [6.07, 6.45) is 9.94. The predicted molar refractivity (Wildman–Crippen MR) is 156 cm³/mol. The van der Waals surface area contributed by atoms with Crippen molar-refractivity contribution >= 4 is 0 Å². The zero-order chi connectivity index (χ0) is 26.3. The van der Waals surface area contributed by atoms with Crippen LogP contribution < -0.4 is 11.5 Å². The molecule has 0 aromatic heterocycles. The average molecular weight is 495 g/mol. The third kappa shape index (κ3) is 10.7. The summed E-state index contributed by atoms with van der Waals surface area (Å²) in [6.45, 7) is 9.33. The molecule has 2 aromatic carbocycles. The van der Waals surface area contributed by atoms with Crippen LogP contribution in [-0.2, 0) is 12.8 Å². The quantitative estimate of drug-likeness (QED) is 0.190. The Labute approximate surface area is 222 Å². The molecule has 3 nitrogen and oxygen atoms in total. The molecule has 0 spiro atoms. The maximum absolute atomic E-state index is 11.4. The van der Waals surface area contributed by atoms with E-state index in [1.54, 1.807) is 0 Å². The molecule has 0 fully saturated rings. The number of aliphatic hydroxyl groups excluding tert-OH is 1. The minimum absolute atomic E-state index is 0.0660. The van der Waals surface area contributed by atoms with E-state index in [0.717, 1.165) is 31.1 Å². The Morgan fingerprint density at radius 1 is 0.556 bits per heavy atom. The zero-order valence-corrected chi connectivity index (χ0v) is 23.5. The fourth-order valence-corrected chi connectivity index (χ4v) is 6.03. The Balaban J connectivity index is 2.24. The van der Waals surface area contributed by atoms with Crippen molar-refractivity contribution in [2.75, 3.05) is 0 Å². The molecule has 0 saturated heterocycles. The van der Waals surface area contributed by atoms with Crippen LogP contribution >= 0.6 is 0 Å². The molecule has 0 aliphatic heterocycles. The maximum Gasteiger partial charge on any atom is 0.0554 e. The van der Waals surface area contributed by atoms with E-state index in [2.05, 4.69) is 82.3 Å². The second-order valence-electron chi connectivity index (χ2n) is 11.2. The van der Waals surface area contributed by atoms with Crippen LogP contribution in [0.4, 0.5) is 0 Å². The molecule has 36 heavy (non-hydrogen) atoms. The van der Waals surface area contributed by atoms with Gasteiger partial charge in [-0.1, -0.05) is 114 Å². The van der Waals surface area contributed by atoms with E-state index in [0.29, 0.717) is 18.3 Å². The molecule has 2 aromatic rings. The van der Waals surface area contributed by atoms with Crippen molar-refractivity contribution in [2.45, 2.75) is 104 Å². The normalized spacial score (nSPS) is 14.6. The van der Waals surface area contributed by atoms with Gasteiger partial charge in [0.05, 0.1) is 12.3 Å². The van der Waals surface area contributed by atoms with Crippen molar-refractivity contribution in [3.63, 3.8) is 0 Å². The molecule has 2 rings (SSSR count). The number of rotatable bonds is 18. The zero-order valence-electron chi connectivity index (χ0n) is 23.5. The van der Waals surface area contributed by atoms with E-state index >= 15 is 0 Å². The molecule has 0 amide bonds. The van der Waals surface area contributed by atoms with Crippen molar-refractivity contribution in [1.82, 2.24) is 0 Å². The maximum atomic E-state index is 11.4. The van der Waals surface area contributed by atoms with Crippen LogP contribution in [0.25, 0.3) is 0 Å². The first-order valence-electron chi connectivity index (χ1n) is 14.7. The van der Waals surface area contributed by atoms with Gasteiger partial charge in [-0.15, -0.1) is 0 Å². The van der Waals surface area contributed by atoms with Gasteiger partial charge in [-0.05, 0) is 79.2 Å². The standard InChI is InChI=1S/C33H54N2O/c1-5-25(6-2)19-29(20-26(7-3)8-4)30(21-27-15-11-9-12-16-27)23-32(36)24-31(33(34)35)22-28-17-13-10-14-18-28/h9-18,25-26,29-33,36H,5-8,19-24,34-35H2,1-4H3. The molecule has 0 aliphatic rings. The second kappa shape index (κ2) is 16.9. The SMILES string of the molecule is CCC(CC)CC(CC(CC)CC)C(Cc1ccccc1)CC(O)CC(Cc1ccccc1)C(N)N. The number of nitrogens with two attached hydrogens (primary N) is 2. The molecule has 3 heteroatoms. The fraction of sp³-hybridized carbons (Fsp3) is 0.636. The van der Waals surface area contributed by atoms with Crippen LogP contribution in [-0.4, -0.2) is 17.4 Å². The average Bonchev–Trinajstić information content (AvgIpc) is 2.89. The van der Waals surface area contributed by atoms with Crippen LogP contribution in [0.2, 0.25) is 0 Å². The molecule has 0 saturated carbocycles. The molecule has 0 heterocycles. The second-order valence-corrected chi connectivity index (χ2v) is 11.2. The lowest BCUT2D eigenvalue weighted by atomic mass is 9.72. The van der Waals surface area contributed by atoms with E-state index in [9.17, 15) is 5.11 Å². The van der Waals surface area contributed by atoms with Gasteiger partial charge in [0.15, 0.2) is 0 Å². The van der Waals surface area contributed by atoms with Crippen molar-refractivity contribution in [2.24, 2.45) is 41.1 Å². The number of hydrogen-bond donors (Lipinski definition) is 3. The minimum atomic E-state index is -0.433. The Morgan fingerprint density at radius 3 is 1.33 bits per heavy atom. The van der Waals surface area contributed by atoms with Gasteiger partial charge in [-0.25, -0.2) is 0 Å². The Hall–Kier alpha value is -1.68. The van der Waals surface area contributed by atoms with Gasteiger partial charge >= 0.3 is 0 Å². The Kier molecular flexibility index (Phi) is 14.4. The molecule has 0 aliphatic carbocycles. The Bertz CT molecular complexity index is 772. The van der Waals surface area contributed by atoms with Crippen LogP contribution in [0.3, 0.4) is 0 Å². The Morgan fingerprint density at radius 2 is 0.944 bits per heavy atom. The summed E-state index contributed by atoms with van der Waals surface area (Å²) in [5, 5.41) is 11.4. The molecule has 3 atom stereocenters. The molecule has 0 radical (unpaired) electrons. The van der Waals surface area contributed by atoms with E-state index in [1.165, 1.54) is 49.7 Å². The number of benzene rings is 2. The first kappa shape index (κ1) is 30.5.